The first-order valence-corrected chi connectivity index (χ1v) is 12.8. The maximum atomic E-state index is 12.7. The van der Waals surface area contributed by atoms with Gasteiger partial charge in [0.15, 0.2) is 11.5 Å². The number of rotatable bonds is 10. The van der Waals surface area contributed by atoms with E-state index in [2.05, 4.69) is 69.7 Å². The summed E-state index contributed by atoms with van der Waals surface area (Å²) in [6, 6.07) is 29.0. The van der Waals surface area contributed by atoms with Crippen LogP contribution < -0.4 is 14.8 Å². The Labute approximate surface area is 224 Å². The van der Waals surface area contributed by atoms with E-state index >= 15 is 0 Å². The Kier molecular flexibility index (Phi) is 9.38. The van der Waals surface area contributed by atoms with E-state index in [0.717, 1.165) is 31.7 Å². The molecule has 1 saturated heterocycles. The summed E-state index contributed by atoms with van der Waals surface area (Å²) in [5.41, 5.74) is 3.64. The van der Waals surface area contributed by atoms with E-state index in [1.807, 2.05) is 30.3 Å². The van der Waals surface area contributed by atoms with Gasteiger partial charge in [-0.3, -0.25) is 9.69 Å². The fraction of sp³-hybridized carbons (Fsp3) is 0.290. The lowest BCUT2D eigenvalue weighted by molar-refractivity contribution is -0.117. The fourth-order valence-corrected chi connectivity index (χ4v) is 4.78. The minimum Gasteiger partial charge on any atom is -0.493 e. The van der Waals surface area contributed by atoms with E-state index in [-0.39, 0.29) is 17.5 Å². The Morgan fingerprint density at radius 3 is 2.08 bits per heavy atom. The monoisotopic (exact) mass is 510 g/mol. The Hall–Kier alpha value is -4.28. The molecule has 7 nitrogen and oxygen atoms in total. The van der Waals surface area contributed by atoms with Crippen molar-refractivity contribution in [3.8, 4) is 17.6 Å². The zero-order valence-electron chi connectivity index (χ0n) is 22.0. The van der Waals surface area contributed by atoms with Crippen LogP contribution in [0, 0.1) is 11.3 Å². The van der Waals surface area contributed by atoms with Gasteiger partial charge in [0.2, 0.25) is 0 Å². The van der Waals surface area contributed by atoms with E-state index in [0.29, 0.717) is 24.5 Å². The zero-order chi connectivity index (χ0) is 26.7. The average molecular weight is 511 g/mol. The molecule has 0 atom stereocenters. The van der Waals surface area contributed by atoms with Crippen molar-refractivity contribution in [3.05, 3.63) is 107 Å². The van der Waals surface area contributed by atoms with Crippen molar-refractivity contribution in [1.82, 2.24) is 15.1 Å². The Balaban J connectivity index is 1.34. The molecule has 38 heavy (non-hydrogen) atoms. The highest BCUT2D eigenvalue weighted by atomic mass is 16.5. The molecule has 1 heterocycles. The lowest BCUT2D eigenvalue weighted by Crippen LogP contribution is -2.46. The summed E-state index contributed by atoms with van der Waals surface area (Å²) in [4.78, 5) is 17.2. The largest absolute Gasteiger partial charge is 0.493 e. The molecule has 7 heteroatoms. The van der Waals surface area contributed by atoms with Gasteiger partial charge in [0.25, 0.3) is 5.91 Å². The number of benzene rings is 3. The molecule has 0 unspecified atom stereocenters. The quantitative estimate of drug-likeness (QED) is 0.326. The van der Waals surface area contributed by atoms with E-state index in [1.54, 1.807) is 20.4 Å². The van der Waals surface area contributed by atoms with Gasteiger partial charge in [-0.15, -0.1) is 0 Å². The summed E-state index contributed by atoms with van der Waals surface area (Å²) in [5.74, 6) is 0.950. The van der Waals surface area contributed by atoms with Crippen LogP contribution in [0.5, 0.6) is 11.5 Å². The van der Waals surface area contributed by atoms with Gasteiger partial charge >= 0.3 is 0 Å². The molecule has 1 aliphatic rings. The lowest BCUT2D eigenvalue weighted by Gasteiger charge is -2.39. The maximum Gasteiger partial charge on any atom is 0.263 e. The second kappa shape index (κ2) is 13.3. The minimum atomic E-state index is -0.359. The molecule has 3 aromatic carbocycles. The summed E-state index contributed by atoms with van der Waals surface area (Å²) in [5, 5.41) is 12.5. The number of methoxy groups -OCH3 is 2. The second-order valence-electron chi connectivity index (χ2n) is 9.15. The van der Waals surface area contributed by atoms with Crippen molar-refractivity contribution in [2.45, 2.75) is 12.5 Å². The summed E-state index contributed by atoms with van der Waals surface area (Å²) >= 11 is 0. The molecule has 1 N–H and O–H groups in total. The first-order valence-electron chi connectivity index (χ1n) is 12.8. The molecule has 1 fully saturated rings. The Morgan fingerprint density at radius 1 is 0.921 bits per heavy atom. The fourth-order valence-electron chi connectivity index (χ4n) is 4.78. The molecule has 0 radical (unpaired) electrons. The molecule has 0 aromatic heterocycles. The van der Waals surface area contributed by atoms with E-state index in [4.69, 9.17) is 9.47 Å². The van der Waals surface area contributed by atoms with Gasteiger partial charge in [0.1, 0.15) is 11.6 Å². The molecule has 0 bridgehead atoms. The number of hydrogen-bond acceptors (Lipinski definition) is 6. The Morgan fingerprint density at radius 2 is 1.53 bits per heavy atom. The molecular formula is C31H34N4O3. The topological polar surface area (TPSA) is 77.8 Å². The van der Waals surface area contributed by atoms with Gasteiger partial charge in [-0.2, -0.15) is 5.26 Å². The molecule has 0 spiro atoms. The van der Waals surface area contributed by atoms with E-state index < -0.39 is 0 Å². The van der Waals surface area contributed by atoms with E-state index in [1.165, 1.54) is 11.1 Å². The molecule has 4 rings (SSSR count). The highest BCUT2D eigenvalue weighted by Gasteiger charge is 2.26. The van der Waals surface area contributed by atoms with Crippen LogP contribution in [0.2, 0.25) is 0 Å². The van der Waals surface area contributed by atoms with Gasteiger partial charge in [-0.25, -0.2) is 0 Å². The molecule has 1 aliphatic heterocycles. The van der Waals surface area contributed by atoms with Crippen molar-refractivity contribution in [3.63, 3.8) is 0 Å². The molecule has 0 aliphatic carbocycles. The van der Waals surface area contributed by atoms with Crippen molar-refractivity contribution in [1.29, 1.82) is 5.26 Å². The highest BCUT2D eigenvalue weighted by molar-refractivity contribution is 5.97. The predicted molar refractivity (Wildman–Crippen MR) is 148 cm³/mol. The average Bonchev–Trinajstić information content (AvgIpc) is 2.97. The van der Waals surface area contributed by atoms with Crippen molar-refractivity contribution in [2.75, 3.05) is 46.9 Å². The summed E-state index contributed by atoms with van der Waals surface area (Å²) in [6.45, 7) is 3.53. The van der Waals surface area contributed by atoms with Crippen LogP contribution in [-0.4, -0.2) is 62.7 Å². The molecule has 1 amide bonds. The Bertz CT molecular complexity index is 1220. The predicted octanol–water partition coefficient (Wildman–Crippen LogP) is 4.18. The number of piperazine rings is 1. The van der Waals surface area contributed by atoms with Crippen LogP contribution in [0.25, 0.3) is 0 Å². The standard InChI is InChI=1S/C31H34N4O3/c1-37-28-14-13-24(21-29(28)38-2)15-16-33-31(36)27(22-32)23-34-17-19-35(20-18-34)30(25-9-5-3-6-10-25)26-11-7-4-8-12-26/h3-14,21,23,30H,15-20H2,1-2H3,(H,33,36)/b27-23-. The van der Waals surface area contributed by atoms with Gasteiger partial charge in [-0.1, -0.05) is 66.7 Å². The van der Waals surface area contributed by atoms with Crippen molar-refractivity contribution >= 4 is 5.91 Å². The van der Waals surface area contributed by atoms with Crippen LogP contribution in [0.3, 0.4) is 0 Å². The second-order valence-corrected chi connectivity index (χ2v) is 9.15. The first-order chi connectivity index (χ1) is 18.6. The third kappa shape index (κ3) is 6.72. The van der Waals surface area contributed by atoms with Crippen LogP contribution in [0.1, 0.15) is 22.7 Å². The molecular weight excluding hydrogens is 476 g/mol. The van der Waals surface area contributed by atoms with E-state index in [9.17, 15) is 10.1 Å². The number of nitriles is 1. The van der Waals surface area contributed by atoms with Crippen molar-refractivity contribution in [2.24, 2.45) is 0 Å². The van der Waals surface area contributed by atoms with Crippen LogP contribution in [-0.2, 0) is 11.2 Å². The smallest absolute Gasteiger partial charge is 0.263 e. The first kappa shape index (κ1) is 26.8. The van der Waals surface area contributed by atoms with Crippen LogP contribution in [0.15, 0.2) is 90.6 Å². The van der Waals surface area contributed by atoms with Crippen LogP contribution in [0.4, 0.5) is 0 Å². The summed E-state index contributed by atoms with van der Waals surface area (Å²) in [6.07, 6.45) is 2.31. The van der Waals surface area contributed by atoms with Gasteiger partial charge in [0, 0.05) is 38.9 Å². The molecule has 0 saturated carbocycles. The van der Waals surface area contributed by atoms with Gasteiger partial charge < -0.3 is 19.7 Å². The highest BCUT2D eigenvalue weighted by Crippen LogP contribution is 2.30. The number of carbonyl (C=O) groups excluding carboxylic acids is 1. The lowest BCUT2D eigenvalue weighted by atomic mass is 9.96. The normalized spacial score (nSPS) is 14.2. The number of nitrogens with zero attached hydrogens (tertiary/aromatic N) is 3. The third-order valence-corrected chi connectivity index (χ3v) is 6.77. The number of hydrogen-bond donors (Lipinski definition) is 1. The van der Waals surface area contributed by atoms with Gasteiger partial charge in [-0.05, 0) is 35.2 Å². The maximum absolute atomic E-state index is 12.7. The van der Waals surface area contributed by atoms with Crippen molar-refractivity contribution < 1.29 is 14.3 Å². The summed E-state index contributed by atoms with van der Waals surface area (Å²) < 4.78 is 10.6. The SMILES string of the molecule is COc1ccc(CCNC(=O)/C(C#N)=C\N2CCN(C(c3ccccc3)c3ccccc3)CC2)cc1OC. The third-order valence-electron chi connectivity index (χ3n) is 6.77. The molecule has 3 aromatic rings. The number of carbonyl (C=O) groups is 1. The number of nitrogens with one attached hydrogen (secondary N) is 1. The van der Waals surface area contributed by atoms with Gasteiger partial charge in [0.05, 0.1) is 20.3 Å². The zero-order valence-corrected chi connectivity index (χ0v) is 22.0. The molecule has 196 valence electrons. The summed E-state index contributed by atoms with van der Waals surface area (Å²) in [7, 11) is 3.19. The number of amides is 1. The number of ether oxygens (including phenoxy) is 2. The minimum absolute atomic E-state index is 0.119. The van der Waals surface area contributed by atoms with Crippen LogP contribution >= 0.6 is 0 Å².